The summed E-state index contributed by atoms with van der Waals surface area (Å²) in [6.07, 6.45) is 2.49. The SMILES string of the molecule is CCC(CC)(CN)C(=O)NCCc1cccs1. The lowest BCUT2D eigenvalue weighted by Crippen LogP contribution is -2.45. The summed E-state index contributed by atoms with van der Waals surface area (Å²) < 4.78 is 0. The Labute approximate surface area is 107 Å². The van der Waals surface area contributed by atoms with Crippen LogP contribution >= 0.6 is 11.3 Å². The summed E-state index contributed by atoms with van der Waals surface area (Å²) >= 11 is 1.72. The van der Waals surface area contributed by atoms with Crippen LogP contribution in [0.15, 0.2) is 17.5 Å². The van der Waals surface area contributed by atoms with Crippen molar-refractivity contribution in [1.29, 1.82) is 0 Å². The Bertz CT molecular complexity index is 323. The van der Waals surface area contributed by atoms with E-state index in [9.17, 15) is 4.79 Å². The van der Waals surface area contributed by atoms with Crippen molar-refractivity contribution >= 4 is 17.2 Å². The van der Waals surface area contributed by atoms with Gasteiger partial charge in [-0.3, -0.25) is 4.79 Å². The number of nitrogens with two attached hydrogens (primary N) is 1. The minimum Gasteiger partial charge on any atom is -0.355 e. The number of hydrogen-bond donors (Lipinski definition) is 2. The summed E-state index contributed by atoms with van der Waals surface area (Å²) in [4.78, 5) is 13.4. The Morgan fingerprint density at radius 1 is 1.47 bits per heavy atom. The van der Waals surface area contributed by atoms with Gasteiger partial charge in [0.05, 0.1) is 5.41 Å². The van der Waals surface area contributed by atoms with Gasteiger partial charge in [0.1, 0.15) is 0 Å². The third kappa shape index (κ3) is 3.54. The number of hydrogen-bond acceptors (Lipinski definition) is 3. The number of thiophene rings is 1. The second-order valence-corrected chi connectivity index (χ2v) is 5.31. The van der Waals surface area contributed by atoms with Crippen LogP contribution in [0, 0.1) is 5.41 Å². The molecule has 0 aliphatic carbocycles. The quantitative estimate of drug-likeness (QED) is 0.783. The van der Waals surface area contributed by atoms with Crippen LogP contribution in [0.3, 0.4) is 0 Å². The number of amides is 1. The van der Waals surface area contributed by atoms with Crippen LogP contribution in [-0.2, 0) is 11.2 Å². The number of nitrogens with one attached hydrogen (secondary N) is 1. The first-order valence-corrected chi connectivity index (χ1v) is 7.07. The average Bonchev–Trinajstić information content (AvgIpc) is 2.85. The highest BCUT2D eigenvalue weighted by atomic mass is 32.1. The summed E-state index contributed by atoms with van der Waals surface area (Å²) in [6.45, 7) is 5.16. The molecule has 4 heteroatoms. The van der Waals surface area contributed by atoms with E-state index in [4.69, 9.17) is 5.73 Å². The highest BCUT2D eigenvalue weighted by molar-refractivity contribution is 7.09. The van der Waals surface area contributed by atoms with Crippen molar-refractivity contribution in [3.05, 3.63) is 22.4 Å². The number of carbonyl (C=O) groups is 1. The molecule has 0 fully saturated rings. The fraction of sp³-hybridized carbons (Fsp3) is 0.615. The summed E-state index contributed by atoms with van der Waals surface area (Å²) in [7, 11) is 0. The van der Waals surface area contributed by atoms with Crippen molar-refractivity contribution in [2.24, 2.45) is 11.1 Å². The van der Waals surface area contributed by atoms with E-state index in [1.807, 2.05) is 19.9 Å². The largest absolute Gasteiger partial charge is 0.355 e. The van der Waals surface area contributed by atoms with Crippen LogP contribution in [0.25, 0.3) is 0 Å². The molecule has 0 radical (unpaired) electrons. The molecule has 3 nitrogen and oxygen atoms in total. The van der Waals surface area contributed by atoms with Gasteiger partial charge in [0.15, 0.2) is 0 Å². The molecule has 0 bridgehead atoms. The van der Waals surface area contributed by atoms with Crippen molar-refractivity contribution < 1.29 is 4.79 Å². The Balaban J connectivity index is 2.42. The van der Waals surface area contributed by atoms with Crippen LogP contribution in [0.1, 0.15) is 31.6 Å². The summed E-state index contributed by atoms with van der Waals surface area (Å²) in [5.41, 5.74) is 5.36. The van der Waals surface area contributed by atoms with Crippen LogP contribution < -0.4 is 11.1 Å². The highest BCUT2D eigenvalue weighted by Crippen LogP contribution is 2.24. The second-order valence-electron chi connectivity index (χ2n) is 4.28. The van der Waals surface area contributed by atoms with Crippen molar-refractivity contribution in [1.82, 2.24) is 5.32 Å². The zero-order valence-electron chi connectivity index (χ0n) is 10.7. The second kappa shape index (κ2) is 6.77. The van der Waals surface area contributed by atoms with Crippen molar-refractivity contribution in [2.75, 3.05) is 13.1 Å². The fourth-order valence-electron chi connectivity index (χ4n) is 1.89. The highest BCUT2D eigenvalue weighted by Gasteiger charge is 2.32. The van der Waals surface area contributed by atoms with Gasteiger partial charge in [-0.1, -0.05) is 19.9 Å². The van der Waals surface area contributed by atoms with Gasteiger partial charge in [0.25, 0.3) is 0 Å². The lowest BCUT2D eigenvalue weighted by molar-refractivity contribution is -0.130. The molecular weight excluding hydrogens is 232 g/mol. The Hall–Kier alpha value is -0.870. The molecule has 0 saturated carbocycles. The van der Waals surface area contributed by atoms with E-state index >= 15 is 0 Å². The van der Waals surface area contributed by atoms with Crippen LogP contribution in [0.4, 0.5) is 0 Å². The summed E-state index contributed by atoms with van der Waals surface area (Å²) in [6, 6.07) is 4.12. The molecule has 96 valence electrons. The van der Waals surface area contributed by atoms with E-state index in [-0.39, 0.29) is 11.3 Å². The molecule has 1 rings (SSSR count). The Morgan fingerprint density at radius 2 is 2.18 bits per heavy atom. The standard InChI is InChI=1S/C13H22N2OS/c1-3-13(4-2,10-14)12(16)15-8-7-11-6-5-9-17-11/h5-6,9H,3-4,7-8,10,14H2,1-2H3,(H,15,16). The molecule has 0 aromatic carbocycles. The van der Waals surface area contributed by atoms with Crippen molar-refractivity contribution in [3.63, 3.8) is 0 Å². The first-order valence-electron chi connectivity index (χ1n) is 6.19. The molecular formula is C13H22N2OS. The Morgan fingerprint density at radius 3 is 2.65 bits per heavy atom. The normalized spacial score (nSPS) is 11.5. The number of rotatable bonds is 7. The maximum absolute atomic E-state index is 12.1. The van der Waals surface area contributed by atoms with Crippen molar-refractivity contribution in [3.8, 4) is 0 Å². The average molecular weight is 254 g/mol. The topological polar surface area (TPSA) is 55.1 Å². The van der Waals surface area contributed by atoms with Gasteiger partial charge in [0.2, 0.25) is 5.91 Å². The minimum atomic E-state index is -0.380. The van der Waals surface area contributed by atoms with E-state index < -0.39 is 0 Å². The molecule has 0 saturated heterocycles. The molecule has 3 N–H and O–H groups in total. The van der Waals surface area contributed by atoms with Crippen LogP contribution in [0.5, 0.6) is 0 Å². The predicted octanol–water partition coefficient (Wildman–Crippen LogP) is 2.17. The first kappa shape index (κ1) is 14.2. The van der Waals surface area contributed by atoms with E-state index in [0.29, 0.717) is 13.1 Å². The molecule has 17 heavy (non-hydrogen) atoms. The zero-order chi connectivity index (χ0) is 12.7. The molecule has 0 aliphatic heterocycles. The van der Waals surface area contributed by atoms with E-state index in [0.717, 1.165) is 19.3 Å². The maximum Gasteiger partial charge on any atom is 0.227 e. The van der Waals surface area contributed by atoms with E-state index in [1.165, 1.54) is 4.88 Å². The van der Waals surface area contributed by atoms with Gasteiger partial charge in [-0.2, -0.15) is 0 Å². The van der Waals surface area contributed by atoms with Gasteiger partial charge in [-0.15, -0.1) is 11.3 Å². The maximum atomic E-state index is 12.1. The van der Waals surface area contributed by atoms with E-state index in [1.54, 1.807) is 11.3 Å². The molecule has 0 spiro atoms. The van der Waals surface area contributed by atoms with Crippen LogP contribution in [0.2, 0.25) is 0 Å². The van der Waals surface area contributed by atoms with Gasteiger partial charge >= 0.3 is 0 Å². The zero-order valence-corrected chi connectivity index (χ0v) is 11.5. The monoisotopic (exact) mass is 254 g/mol. The van der Waals surface area contributed by atoms with Gasteiger partial charge in [-0.25, -0.2) is 0 Å². The molecule has 1 amide bonds. The third-order valence-corrected chi connectivity index (χ3v) is 4.40. The number of carbonyl (C=O) groups excluding carboxylic acids is 1. The third-order valence-electron chi connectivity index (χ3n) is 3.46. The Kier molecular flexibility index (Phi) is 5.65. The molecule has 0 atom stereocenters. The van der Waals surface area contributed by atoms with Gasteiger partial charge in [0, 0.05) is 18.0 Å². The van der Waals surface area contributed by atoms with Gasteiger partial charge < -0.3 is 11.1 Å². The lowest BCUT2D eigenvalue weighted by Gasteiger charge is -2.28. The summed E-state index contributed by atoms with van der Waals surface area (Å²) in [5, 5.41) is 5.06. The lowest BCUT2D eigenvalue weighted by atomic mass is 9.81. The van der Waals surface area contributed by atoms with E-state index in [2.05, 4.69) is 16.8 Å². The molecule has 1 aromatic heterocycles. The fourth-order valence-corrected chi connectivity index (χ4v) is 2.60. The minimum absolute atomic E-state index is 0.0987. The summed E-state index contributed by atoms with van der Waals surface area (Å²) in [5.74, 6) is 0.0987. The predicted molar refractivity (Wildman–Crippen MR) is 73.1 cm³/mol. The molecule has 1 heterocycles. The van der Waals surface area contributed by atoms with Crippen molar-refractivity contribution in [2.45, 2.75) is 33.1 Å². The molecule has 0 aliphatic rings. The molecule has 1 aromatic rings. The van der Waals surface area contributed by atoms with Gasteiger partial charge in [-0.05, 0) is 30.7 Å². The van der Waals surface area contributed by atoms with Crippen LogP contribution in [-0.4, -0.2) is 19.0 Å². The first-order chi connectivity index (χ1) is 8.18. The smallest absolute Gasteiger partial charge is 0.227 e. The molecule has 0 unspecified atom stereocenters.